The SMILES string of the molecule is O=CC1NC(OC2(O)CCCC2)c2ccccc21. The van der Waals surface area contributed by atoms with Gasteiger partial charge in [0.1, 0.15) is 12.5 Å². The molecule has 2 unspecified atom stereocenters. The van der Waals surface area contributed by atoms with Crippen molar-refractivity contribution in [2.75, 3.05) is 0 Å². The van der Waals surface area contributed by atoms with E-state index in [0.29, 0.717) is 12.8 Å². The van der Waals surface area contributed by atoms with Crippen molar-refractivity contribution in [3.8, 4) is 0 Å². The maximum atomic E-state index is 11.1. The summed E-state index contributed by atoms with van der Waals surface area (Å²) in [5.41, 5.74) is 1.90. The molecule has 1 aliphatic carbocycles. The van der Waals surface area contributed by atoms with E-state index in [0.717, 1.165) is 30.3 Å². The second-order valence-corrected chi connectivity index (χ2v) is 5.06. The van der Waals surface area contributed by atoms with Crippen LogP contribution in [0.15, 0.2) is 24.3 Å². The monoisotopic (exact) mass is 247 g/mol. The summed E-state index contributed by atoms with van der Waals surface area (Å²) in [5, 5.41) is 13.4. The number of aldehydes is 1. The number of rotatable bonds is 3. The van der Waals surface area contributed by atoms with E-state index in [1.807, 2.05) is 24.3 Å². The van der Waals surface area contributed by atoms with Crippen LogP contribution in [-0.2, 0) is 9.53 Å². The molecular formula is C14H17NO3. The van der Waals surface area contributed by atoms with Crippen molar-refractivity contribution in [2.45, 2.75) is 43.7 Å². The summed E-state index contributed by atoms with van der Waals surface area (Å²) >= 11 is 0. The lowest BCUT2D eigenvalue weighted by Gasteiger charge is -2.27. The van der Waals surface area contributed by atoms with Gasteiger partial charge in [0.05, 0.1) is 6.04 Å². The van der Waals surface area contributed by atoms with Crippen LogP contribution in [0.4, 0.5) is 0 Å². The summed E-state index contributed by atoms with van der Waals surface area (Å²) in [7, 11) is 0. The molecule has 0 spiro atoms. The first-order chi connectivity index (χ1) is 8.72. The van der Waals surface area contributed by atoms with E-state index >= 15 is 0 Å². The third kappa shape index (κ3) is 1.96. The standard InChI is InChI=1S/C14H17NO3/c16-9-12-10-5-1-2-6-11(10)13(15-12)18-14(17)7-3-4-8-14/h1-2,5-6,9,12-13,15,17H,3-4,7-8H2. The smallest absolute Gasteiger partial charge is 0.167 e. The minimum atomic E-state index is -1.04. The third-order valence-electron chi connectivity index (χ3n) is 3.80. The first kappa shape index (κ1) is 11.8. The number of carbonyl (C=O) groups excluding carboxylic acids is 1. The van der Waals surface area contributed by atoms with Gasteiger partial charge in [-0.05, 0) is 18.4 Å². The summed E-state index contributed by atoms with van der Waals surface area (Å²) in [6.07, 6.45) is 3.79. The van der Waals surface area contributed by atoms with E-state index in [-0.39, 0.29) is 12.3 Å². The van der Waals surface area contributed by atoms with Crippen LogP contribution in [0.2, 0.25) is 0 Å². The Morgan fingerprint density at radius 3 is 2.61 bits per heavy atom. The summed E-state index contributed by atoms with van der Waals surface area (Å²) in [6.45, 7) is 0. The van der Waals surface area contributed by atoms with Gasteiger partial charge in [0.2, 0.25) is 0 Å². The number of nitrogens with one attached hydrogen (secondary N) is 1. The molecule has 0 amide bonds. The average Bonchev–Trinajstić information content (AvgIpc) is 2.95. The molecule has 1 heterocycles. The first-order valence-corrected chi connectivity index (χ1v) is 6.42. The second-order valence-electron chi connectivity index (χ2n) is 5.06. The lowest BCUT2D eigenvalue weighted by molar-refractivity contribution is -0.232. The highest BCUT2D eigenvalue weighted by atomic mass is 16.6. The van der Waals surface area contributed by atoms with Gasteiger partial charge in [0.25, 0.3) is 0 Å². The van der Waals surface area contributed by atoms with Gasteiger partial charge in [-0.1, -0.05) is 24.3 Å². The highest BCUT2D eigenvalue weighted by Crippen LogP contribution is 2.39. The molecule has 96 valence electrons. The fourth-order valence-electron chi connectivity index (χ4n) is 2.85. The van der Waals surface area contributed by atoms with Gasteiger partial charge in [-0.3, -0.25) is 5.32 Å². The molecule has 1 saturated carbocycles. The molecule has 2 aliphatic rings. The van der Waals surface area contributed by atoms with Crippen LogP contribution in [0, 0.1) is 0 Å². The van der Waals surface area contributed by atoms with E-state index in [9.17, 15) is 9.90 Å². The van der Waals surface area contributed by atoms with Crippen LogP contribution in [0.5, 0.6) is 0 Å². The normalized spacial score (nSPS) is 29.2. The van der Waals surface area contributed by atoms with Crippen LogP contribution in [0.3, 0.4) is 0 Å². The van der Waals surface area contributed by atoms with Crippen molar-refractivity contribution in [1.82, 2.24) is 5.32 Å². The quantitative estimate of drug-likeness (QED) is 0.631. The van der Waals surface area contributed by atoms with Crippen LogP contribution in [0.1, 0.15) is 49.1 Å². The van der Waals surface area contributed by atoms with Crippen molar-refractivity contribution in [1.29, 1.82) is 0 Å². The van der Waals surface area contributed by atoms with Crippen molar-refractivity contribution in [2.24, 2.45) is 0 Å². The Kier molecular flexibility index (Phi) is 2.93. The van der Waals surface area contributed by atoms with Crippen LogP contribution < -0.4 is 5.32 Å². The fraction of sp³-hybridized carbons (Fsp3) is 0.500. The average molecular weight is 247 g/mol. The molecular weight excluding hydrogens is 230 g/mol. The molecule has 0 aromatic heterocycles. The summed E-state index contributed by atoms with van der Waals surface area (Å²) in [6, 6.07) is 7.35. The third-order valence-corrected chi connectivity index (χ3v) is 3.80. The molecule has 1 aliphatic heterocycles. The minimum Gasteiger partial charge on any atom is -0.365 e. The number of hydrogen-bond acceptors (Lipinski definition) is 4. The van der Waals surface area contributed by atoms with E-state index in [4.69, 9.17) is 4.74 Å². The molecule has 0 bridgehead atoms. The van der Waals surface area contributed by atoms with Gasteiger partial charge in [0, 0.05) is 18.4 Å². The fourth-order valence-corrected chi connectivity index (χ4v) is 2.85. The predicted octanol–water partition coefficient (Wildman–Crippen LogP) is 1.81. The molecule has 1 fully saturated rings. The van der Waals surface area contributed by atoms with Gasteiger partial charge in [-0.25, -0.2) is 0 Å². The zero-order chi connectivity index (χ0) is 12.6. The summed E-state index contributed by atoms with van der Waals surface area (Å²) in [4.78, 5) is 11.1. The molecule has 4 heteroatoms. The van der Waals surface area contributed by atoms with Crippen LogP contribution in [0.25, 0.3) is 0 Å². The molecule has 2 N–H and O–H groups in total. The zero-order valence-electron chi connectivity index (χ0n) is 10.1. The van der Waals surface area contributed by atoms with E-state index in [1.54, 1.807) is 0 Å². The molecule has 0 saturated heterocycles. The van der Waals surface area contributed by atoms with Crippen LogP contribution >= 0.6 is 0 Å². The Bertz CT molecular complexity index is 454. The van der Waals surface area contributed by atoms with Crippen molar-refractivity contribution < 1.29 is 14.6 Å². The number of carbonyl (C=O) groups is 1. The second kappa shape index (κ2) is 4.46. The molecule has 3 rings (SSSR count). The molecule has 2 atom stereocenters. The molecule has 0 radical (unpaired) electrons. The predicted molar refractivity (Wildman–Crippen MR) is 65.6 cm³/mol. The molecule has 1 aromatic rings. The minimum absolute atomic E-state index is 0.337. The Morgan fingerprint density at radius 1 is 1.28 bits per heavy atom. The molecule has 18 heavy (non-hydrogen) atoms. The van der Waals surface area contributed by atoms with Crippen molar-refractivity contribution in [3.05, 3.63) is 35.4 Å². The van der Waals surface area contributed by atoms with E-state index < -0.39 is 5.79 Å². The van der Waals surface area contributed by atoms with Gasteiger partial charge in [-0.2, -0.15) is 0 Å². The maximum absolute atomic E-state index is 11.1. The van der Waals surface area contributed by atoms with Crippen LogP contribution in [-0.4, -0.2) is 17.2 Å². The largest absolute Gasteiger partial charge is 0.365 e. The van der Waals surface area contributed by atoms with Gasteiger partial charge >= 0.3 is 0 Å². The molecule has 4 nitrogen and oxygen atoms in total. The summed E-state index contributed by atoms with van der Waals surface area (Å²) < 4.78 is 5.80. The number of hydrogen-bond donors (Lipinski definition) is 2. The topological polar surface area (TPSA) is 58.6 Å². The zero-order valence-corrected chi connectivity index (χ0v) is 10.1. The lowest BCUT2D eigenvalue weighted by Crippen LogP contribution is -2.34. The number of fused-ring (bicyclic) bond motifs is 1. The van der Waals surface area contributed by atoms with Gasteiger partial charge in [0.15, 0.2) is 5.79 Å². The maximum Gasteiger partial charge on any atom is 0.167 e. The number of benzene rings is 1. The Morgan fingerprint density at radius 2 is 1.94 bits per heavy atom. The number of ether oxygens (including phenoxy) is 1. The first-order valence-electron chi connectivity index (χ1n) is 6.42. The number of aliphatic hydroxyl groups is 1. The molecule has 1 aromatic carbocycles. The van der Waals surface area contributed by atoms with E-state index in [2.05, 4.69) is 5.32 Å². The van der Waals surface area contributed by atoms with Crippen molar-refractivity contribution in [3.63, 3.8) is 0 Å². The Balaban J connectivity index is 1.84. The highest BCUT2D eigenvalue weighted by molar-refractivity contribution is 5.64. The Hall–Kier alpha value is -1.23. The highest BCUT2D eigenvalue weighted by Gasteiger charge is 2.39. The van der Waals surface area contributed by atoms with Gasteiger partial charge < -0.3 is 14.6 Å². The summed E-state index contributed by atoms with van der Waals surface area (Å²) in [5.74, 6) is -1.04. The van der Waals surface area contributed by atoms with Crippen molar-refractivity contribution >= 4 is 6.29 Å². The van der Waals surface area contributed by atoms with Gasteiger partial charge in [-0.15, -0.1) is 0 Å². The lowest BCUT2D eigenvalue weighted by atomic mass is 10.1. The Labute approximate surface area is 106 Å². The van der Waals surface area contributed by atoms with E-state index in [1.165, 1.54) is 0 Å².